The van der Waals surface area contributed by atoms with Crippen LogP contribution in [0.5, 0.6) is 5.75 Å². The minimum Gasteiger partial charge on any atom is -0.545 e. The maximum Gasteiger partial charge on any atom is 0.277 e. The van der Waals surface area contributed by atoms with Crippen molar-refractivity contribution in [3.05, 3.63) is 90.0 Å². The van der Waals surface area contributed by atoms with Crippen molar-refractivity contribution in [2.45, 2.75) is 0 Å². The summed E-state index contributed by atoms with van der Waals surface area (Å²) in [5, 5.41) is 14.5. The third-order valence-electron chi connectivity index (χ3n) is 3.88. The molecule has 0 bridgehead atoms. The fraction of sp³-hybridized carbons (Fsp3) is 0.0455. The van der Waals surface area contributed by atoms with Gasteiger partial charge in [-0.3, -0.25) is 4.79 Å². The fourth-order valence-electron chi connectivity index (χ4n) is 2.51. The maximum absolute atomic E-state index is 12.0. The van der Waals surface area contributed by atoms with Gasteiger partial charge in [0.1, 0.15) is 5.75 Å². The van der Waals surface area contributed by atoms with Gasteiger partial charge in [0.25, 0.3) is 5.91 Å². The van der Waals surface area contributed by atoms with Crippen LogP contribution >= 0.6 is 0 Å². The molecular weight excluding hydrogens is 356 g/mol. The van der Waals surface area contributed by atoms with Crippen molar-refractivity contribution in [1.82, 2.24) is 5.43 Å². The van der Waals surface area contributed by atoms with Crippen LogP contribution in [0.15, 0.2) is 84.0 Å². The third-order valence-corrected chi connectivity index (χ3v) is 3.88. The van der Waals surface area contributed by atoms with Crippen LogP contribution in [-0.2, 0) is 4.79 Å². The molecule has 6 heteroatoms. The molecule has 0 aliphatic carbocycles. The van der Waals surface area contributed by atoms with Crippen LogP contribution in [0, 0.1) is 0 Å². The van der Waals surface area contributed by atoms with Crippen molar-refractivity contribution < 1.29 is 19.4 Å². The molecule has 1 amide bonds. The number of hydrazone groups is 1. The van der Waals surface area contributed by atoms with E-state index in [1.807, 2.05) is 48.5 Å². The summed E-state index contributed by atoms with van der Waals surface area (Å²) in [6.45, 7) is -0.190. The maximum atomic E-state index is 12.0. The highest BCUT2D eigenvalue weighted by atomic mass is 16.5. The highest BCUT2D eigenvalue weighted by Crippen LogP contribution is 2.29. The van der Waals surface area contributed by atoms with E-state index >= 15 is 0 Å². The lowest BCUT2D eigenvalue weighted by molar-refractivity contribution is -0.255. The van der Waals surface area contributed by atoms with Crippen LogP contribution in [0.25, 0.3) is 11.1 Å². The number of carbonyl (C=O) groups is 2. The van der Waals surface area contributed by atoms with Crippen molar-refractivity contribution in [1.29, 1.82) is 0 Å². The monoisotopic (exact) mass is 373 g/mol. The van der Waals surface area contributed by atoms with Crippen LogP contribution in [0.2, 0.25) is 0 Å². The zero-order valence-corrected chi connectivity index (χ0v) is 14.9. The number of para-hydroxylation sites is 1. The second-order valence-electron chi connectivity index (χ2n) is 5.85. The Morgan fingerprint density at radius 3 is 2.32 bits per heavy atom. The van der Waals surface area contributed by atoms with E-state index in [4.69, 9.17) is 4.74 Å². The Kier molecular flexibility index (Phi) is 6.15. The van der Waals surface area contributed by atoms with Crippen LogP contribution in [-0.4, -0.2) is 24.7 Å². The Bertz CT molecular complexity index is 983. The lowest BCUT2D eigenvalue weighted by Gasteiger charge is -2.10. The Morgan fingerprint density at radius 1 is 0.929 bits per heavy atom. The molecule has 3 rings (SSSR count). The molecule has 0 spiro atoms. The summed E-state index contributed by atoms with van der Waals surface area (Å²) >= 11 is 0. The summed E-state index contributed by atoms with van der Waals surface area (Å²) in [6.07, 6.45) is 1.41. The first-order valence-electron chi connectivity index (χ1n) is 8.54. The predicted molar refractivity (Wildman–Crippen MR) is 104 cm³/mol. The van der Waals surface area contributed by atoms with E-state index in [2.05, 4.69) is 10.5 Å². The number of hydrogen-bond acceptors (Lipinski definition) is 5. The first-order chi connectivity index (χ1) is 13.6. The summed E-state index contributed by atoms with van der Waals surface area (Å²) in [7, 11) is 0. The van der Waals surface area contributed by atoms with E-state index in [1.54, 1.807) is 18.2 Å². The summed E-state index contributed by atoms with van der Waals surface area (Å²) in [4.78, 5) is 22.7. The molecule has 28 heavy (non-hydrogen) atoms. The molecule has 6 nitrogen and oxygen atoms in total. The van der Waals surface area contributed by atoms with Crippen LogP contribution in [0.1, 0.15) is 15.9 Å². The minimum atomic E-state index is -1.25. The van der Waals surface area contributed by atoms with E-state index in [-0.39, 0.29) is 12.2 Å². The van der Waals surface area contributed by atoms with Gasteiger partial charge in [-0.15, -0.1) is 0 Å². The molecule has 0 saturated carbocycles. The molecule has 0 saturated heterocycles. The number of nitrogens with zero attached hydrogens (tertiary/aromatic N) is 1. The molecule has 0 fully saturated rings. The molecule has 0 heterocycles. The first kappa shape index (κ1) is 18.8. The van der Waals surface area contributed by atoms with Crippen LogP contribution in [0.3, 0.4) is 0 Å². The number of carboxylic acids is 1. The molecule has 140 valence electrons. The quantitative estimate of drug-likeness (QED) is 0.508. The number of carboxylic acid groups (broad SMARTS) is 1. The molecule has 0 radical (unpaired) electrons. The number of benzene rings is 3. The summed E-state index contributed by atoms with van der Waals surface area (Å²) < 4.78 is 5.64. The molecule has 0 aliphatic heterocycles. The molecule has 0 unspecified atom stereocenters. The number of hydrogen-bond donors (Lipinski definition) is 1. The Labute approximate surface area is 162 Å². The number of carbonyl (C=O) groups excluding carboxylic acids is 2. The number of ether oxygens (including phenoxy) is 1. The topological polar surface area (TPSA) is 90.8 Å². The molecular formula is C22H17N2O4-. The third kappa shape index (κ3) is 5.04. The van der Waals surface area contributed by atoms with Crippen molar-refractivity contribution in [3.63, 3.8) is 0 Å². The second kappa shape index (κ2) is 9.14. The predicted octanol–water partition coefficient (Wildman–Crippen LogP) is 2.25. The van der Waals surface area contributed by atoms with Gasteiger partial charge in [-0.05, 0) is 22.8 Å². The highest BCUT2D eigenvalue weighted by molar-refractivity contribution is 5.88. The molecule has 0 aromatic heterocycles. The van der Waals surface area contributed by atoms with E-state index in [0.29, 0.717) is 11.3 Å². The van der Waals surface area contributed by atoms with E-state index in [9.17, 15) is 14.7 Å². The largest absolute Gasteiger partial charge is 0.545 e. The molecule has 0 aliphatic rings. The van der Waals surface area contributed by atoms with Crippen molar-refractivity contribution in [3.8, 4) is 16.9 Å². The van der Waals surface area contributed by atoms with Crippen LogP contribution < -0.4 is 15.3 Å². The standard InChI is InChI=1S/C22H18N2O4/c25-21(24-23-14-16-10-12-18(13-11-16)22(26)27)15-28-20-9-5-4-8-19(20)17-6-2-1-3-7-17/h1-14H,15H2,(H,24,25)(H,26,27)/p-1/b23-14-. The van der Waals surface area contributed by atoms with Gasteiger partial charge >= 0.3 is 0 Å². The highest BCUT2D eigenvalue weighted by Gasteiger charge is 2.07. The van der Waals surface area contributed by atoms with Gasteiger partial charge in [0, 0.05) is 5.56 Å². The fourth-order valence-corrected chi connectivity index (χ4v) is 2.51. The minimum absolute atomic E-state index is 0.0756. The Balaban J connectivity index is 1.56. The zero-order chi connectivity index (χ0) is 19.8. The van der Waals surface area contributed by atoms with Crippen molar-refractivity contribution in [2.24, 2.45) is 5.10 Å². The van der Waals surface area contributed by atoms with E-state index < -0.39 is 11.9 Å². The molecule has 0 atom stereocenters. The first-order valence-corrected chi connectivity index (χ1v) is 8.54. The smallest absolute Gasteiger partial charge is 0.277 e. The summed E-state index contributed by atoms with van der Waals surface area (Å²) in [5.74, 6) is -1.05. The summed E-state index contributed by atoms with van der Waals surface area (Å²) in [5.41, 5.74) is 4.98. The molecule has 3 aromatic carbocycles. The Hall–Kier alpha value is -3.93. The van der Waals surface area contributed by atoms with Crippen molar-refractivity contribution in [2.75, 3.05) is 6.61 Å². The van der Waals surface area contributed by atoms with Crippen molar-refractivity contribution >= 4 is 18.1 Å². The van der Waals surface area contributed by atoms with Gasteiger partial charge in [0.2, 0.25) is 0 Å². The van der Waals surface area contributed by atoms with Crippen LogP contribution in [0.4, 0.5) is 0 Å². The Morgan fingerprint density at radius 2 is 1.61 bits per heavy atom. The van der Waals surface area contributed by atoms with E-state index in [0.717, 1.165) is 11.1 Å². The van der Waals surface area contributed by atoms with Gasteiger partial charge in [-0.2, -0.15) is 5.10 Å². The molecule has 3 aromatic rings. The van der Waals surface area contributed by atoms with E-state index in [1.165, 1.54) is 18.3 Å². The average Bonchev–Trinajstić information content (AvgIpc) is 2.73. The number of aromatic carboxylic acids is 1. The summed E-state index contributed by atoms with van der Waals surface area (Å²) in [6, 6.07) is 23.2. The zero-order valence-electron chi connectivity index (χ0n) is 14.9. The van der Waals surface area contributed by atoms with Gasteiger partial charge in [-0.25, -0.2) is 5.43 Å². The average molecular weight is 373 g/mol. The number of amides is 1. The van der Waals surface area contributed by atoms with Gasteiger partial charge in [0.05, 0.1) is 12.2 Å². The van der Waals surface area contributed by atoms with Gasteiger partial charge in [-0.1, -0.05) is 72.8 Å². The van der Waals surface area contributed by atoms with Gasteiger partial charge < -0.3 is 14.6 Å². The SMILES string of the molecule is O=C(COc1ccccc1-c1ccccc1)N/N=C\c1ccc(C(=O)[O-])cc1. The number of rotatable bonds is 7. The number of nitrogens with one attached hydrogen (secondary N) is 1. The molecule has 1 N–H and O–H groups in total. The van der Waals surface area contributed by atoms with Gasteiger partial charge in [0.15, 0.2) is 6.61 Å². The lowest BCUT2D eigenvalue weighted by Crippen LogP contribution is -2.24. The normalized spacial score (nSPS) is 10.6. The lowest BCUT2D eigenvalue weighted by atomic mass is 10.1. The second-order valence-corrected chi connectivity index (χ2v) is 5.85.